The number of rotatable bonds is 5. The van der Waals surface area contributed by atoms with Crippen LogP contribution < -0.4 is 0 Å². The second kappa shape index (κ2) is 9.15. The minimum absolute atomic E-state index is 0.450. The van der Waals surface area contributed by atoms with Crippen molar-refractivity contribution in [3.8, 4) is 0 Å². The number of aliphatic carboxylic acids is 1. The van der Waals surface area contributed by atoms with Crippen molar-refractivity contribution in [1.29, 1.82) is 0 Å². The van der Waals surface area contributed by atoms with Crippen LogP contribution in [0.3, 0.4) is 0 Å². The van der Waals surface area contributed by atoms with Crippen molar-refractivity contribution < 1.29 is 19.4 Å². The van der Waals surface area contributed by atoms with Crippen LogP contribution in [0.2, 0.25) is 0 Å². The standard InChI is InChI=1S/C17H21NO4S2/c1-18(2)14(22-16(21)15(19)20)11-13(12-7-4-3-5-8-12)17-23-9-6-10-24-17/h3-5,7-8,14H,6,9-11H2,1-2H3,(H,19,20). The summed E-state index contributed by atoms with van der Waals surface area (Å²) in [7, 11) is 3.54. The van der Waals surface area contributed by atoms with Gasteiger partial charge in [0.05, 0.1) is 0 Å². The van der Waals surface area contributed by atoms with Crippen LogP contribution in [-0.2, 0) is 14.3 Å². The largest absolute Gasteiger partial charge is 0.473 e. The molecule has 1 heterocycles. The number of esters is 1. The van der Waals surface area contributed by atoms with Crippen molar-refractivity contribution in [3.63, 3.8) is 0 Å². The first-order valence-electron chi connectivity index (χ1n) is 7.63. The Hall–Kier alpha value is -1.44. The SMILES string of the molecule is CN(C)C(CC(=C1SCCCS1)c1ccccc1)OC(=O)C(=O)O. The number of hydrogen-bond acceptors (Lipinski definition) is 6. The molecule has 0 aliphatic carbocycles. The van der Waals surface area contributed by atoms with E-state index in [2.05, 4.69) is 0 Å². The molecule has 7 heteroatoms. The number of benzene rings is 1. The van der Waals surface area contributed by atoms with E-state index < -0.39 is 18.2 Å². The highest BCUT2D eigenvalue weighted by Crippen LogP contribution is 2.42. The van der Waals surface area contributed by atoms with Crippen molar-refractivity contribution >= 4 is 41.0 Å². The summed E-state index contributed by atoms with van der Waals surface area (Å²) >= 11 is 3.62. The van der Waals surface area contributed by atoms with E-state index in [-0.39, 0.29) is 0 Å². The van der Waals surface area contributed by atoms with E-state index in [0.29, 0.717) is 6.42 Å². The Kier molecular flexibility index (Phi) is 7.20. The lowest BCUT2D eigenvalue weighted by Crippen LogP contribution is -2.35. The Labute approximate surface area is 150 Å². The van der Waals surface area contributed by atoms with Crippen LogP contribution in [-0.4, -0.2) is 53.8 Å². The van der Waals surface area contributed by atoms with Gasteiger partial charge in [-0.2, -0.15) is 0 Å². The number of carboxylic acids is 1. The molecule has 1 unspecified atom stereocenters. The van der Waals surface area contributed by atoms with E-state index in [4.69, 9.17) is 9.84 Å². The Morgan fingerprint density at radius 1 is 1.21 bits per heavy atom. The van der Waals surface area contributed by atoms with Gasteiger partial charge in [0.1, 0.15) is 0 Å². The molecule has 1 saturated heterocycles. The average Bonchev–Trinajstić information content (AvgIpc) is 2.59. The fourth-order valence-electron chi connectivity index (χ4n) is 2.24. The van der Waals surface area contributed by atoms with Crippen LogP contribution in [0.15, 0.2) is 34.6 Å². The fraction of sp³-hybridized carbons (Fsp3) is 0.412. The Bertz CT molecular complexity index is 608. The van der Waals surface area contributed by atoms with Crippen molar-refractivity contribution in [2.24, 2.45) is 0 Å². The molecule has 0 spiro atoms. The van der Waals surface area contributed by atoms with Gasteiger partial charge in [-0.1, -0.05) is 30.3 Å². The molecule has 1 aromatic rings. The summed E-state index contributed by atoms with van der Waals surface area (Å²) in [6, 6.07) is 9.97. The van der Waals surface area contributed by atoms with Crippen LogP contribution in [0.4, 0.5) is 0 Å². The molecule has 0 aromatic heterocycles. The molecule has 1 aliphatic heterocycles. The maximum absolute atomic E-state index is 11.5. The van der Waals surface area contributed by atoms with Gasteiger partial charge in [0.2, 0.25) is 0 Å². The minimum atomic E-state index is -1.57. The quantitative estimate of drug-likeness (QED) is 0.487. The molecule has 0 bridgehead atoms. The zero-order valence-corrected chi connectivity index (χ0v) is 15.4. The molecule has 0 radical (unpaired) electrons. The van der Waals surface area contributed by atoms with Gasteiger partial charge in [0, 0.05) is 10.7 Å². The van der Waals surface area contributed by atoms with Gasteiger partial charge in [-0.3, -0.25) is 4.90 Å². The lowest BCUT2D eigenvalue weighted by atomic mass is 10.0. The highest BCUT2D eigenvalue weighted by atomic mass is 32.2. The second-order valence-corrected chi connectivity index (χ2v) is 7.98. The summed E-state index contributed by atoms with van der Waals surface area (Å²) in [5.74, 6) is -0.660. The number of thioether (sulfide) groups is 2. The van der Waals surface area contributed by atoms with E-state index in [1.807, 2.05) is 53.9 Å². The number of carbonyl (C=O) groups is 2. The first-order valence-corrected chi connectivity index (χ1v) is 9.60. The van der Waals surface area contributed by atoms with E-state index in [1.54, 1.807) is 19.0 Å². The molecule has 1 aromatic carbocycles. The summed E-state index contributed by atoms with van der Waals surface area (Å²) in [5, 5.41) is 8.80. The summed E-state index contributed by atoms with van der Waals surface area (Å²) in [5.41, 5.74) is 2.18. The number of hydrogen-bond donors (Lipinski definition) is 1. The Morgan fingerprint density at radius 3 is 2.38 bits per heavy atom. The van der Waals surface area contributed by atoms with Crippen molar-refractivity contribution in [2.75, 3.05) is 25.6 Å². The van der Waals surface area contributed by atoms with Gasteiger partial charge in [-0.15, -0.1) is 23.5 Å². The van der Waals surface area contributed by atoms with E-state index in [9.17, 15) is 9.59 Å². The minimum Gasteiger partial charge on any atom is -0.473 e. The first kappa shape index (κ1) is 18.9. The molecule has 1 atom stereocenters. The molecule has 24 heavy (non-hydrogen) atoms. The third kappa shape index (κ3) is 5.29. The van der Waals surface area contributed by atoms with E-state index >= 15 is 0 Å². The van der Waals surface area contributed by atoms with Gasteiger partial charge in [-0.25, -0.2) is 9.59 Å². The molecular weight excluding hydrogens is 346 g/mol. The highest BCUT2D eigenvalue weighted by molar-refractivity contribution is 8.23. The van der Waals surface area contributed by atoms with Gasteiger partial charge < -0.3 is 9.84 Å². The number of nitrogens with zero attached hydrogens (tertiary/aromatic N) is 1. The predicted octanol–water partition coefficient (Wildman–Crippen LogP) is 3.13. The Balaban J connectivity index is 2.29. The zero-order valence-electron chi connectivity index (χ0n) is 13.7. The van der Waals surface area contributed by atoms with Gasteiger partial charge in [0.25, 0.3) is 0 Å². The van der Waals surface area contributed by atoms with Crippen LogP contribution in [0.5, 0.6) is 0 Å². The van der Waals surface area contributed by atoms with Crippen LogP contribution >= 0.6 is 23.5 Å². The van der Waals surface area contributed by atoms with Gasteiger partial charge in [-0.05, 0) is 43.2 Å². The van der Waals surface area contributed by atoms with Crippen LogP contribution in [0, 0.1) is 0 Å². The van der Waals surface area contributed by atoms with E-state index in [1.165, 1.54) is 10.7 Å². The number of ether oxygens (including phenoxy) is 1. The summed E-state index contributed by atoms with van der Waals surface area (Å²) in [6.07, 6.45) is 0.997. The maximum Gasteiger partial charge on any atom is 0.418 e. The molecular formula is C17H21NO4S2. The average molecular weight is 367 g/mol. The highest BCUT2D eigenvalue weighted by Gasteiger charge is 2.25. The third-order valence-corrected chi connectivity index (χ3v) is 6.21. The normalized spacial score (nSPS) is 15.9. The Morgan fingerprint density at radius 2 is 1.83 bits per heavy atom. The fourth-order valence-corrected chi connectivity index (χ4v) is 4.96. The topological polar surface area (TPSA) is 66.8 Å². The molecule has 5 nitrogen and oxygen atoms in total. The van der Waals surface area contributed by atoms with Crippen molar-refractivity contribution in [3.05, 3.63) is 40.1 Å². The maximum atomic E-state index is 11.5. The lowest BCUT2D eigenvalue weighted by Gasteiger charge is -2.27. The molecule has 130 valence electrons. The summed E-state index contributed by atoms with van der Waals surface area (Å²) in [6.45, 7) is 0. The first-order chi connectivity index (χ1) is 11.5. The van der Waals surface area contributed by atoms with Crippen molar-refractivity contribution in [1.82, 2.24) is 4.90 Å². The zero-order chi connectivity index (χ0) is 17.5. The molecule has 0 amide bonds. The molecule has 2 rings (SSSR count). The summed E-state index contributed by atoms with van der Waals surface area (Å²) < 4.78 is 6.38. The molecule has 1 aliphatic rings. The lowest BCUT2D eigenvalue weighted by molar-refractivity contribution is -0.172. The van der Waals surface area contributed by atoms with Crippen LogP contribution in [0.25, 0.3) is 5.57 Å². The van der Waals surface area contributed by atoms with Gasteiger partial charge in [0.15, 0.2) is 6.23 Å². The second-order valence-electron chi connectivity index (χ2n) is 5.52. The predicted molar refractivity (Wildman–Crippen MR) is 98.7 cm³/mol. The monoisotopic (exact) mass is 367 g/mol. The number of carbonyl (C=O) groups excluding carboxylic acids is 1. The third-order valence-electron chi connectivity index (χ3n) is 3.50. The van der Waals surface area contributed by atoms with Crippen LogP contribution in [0.1, 0.15) is 18.4 Å². The molecule has 1 fully saturated rings. The van der Waals surface area contributed by atoms with Gasteiger partial charge >= 0.3 is 11.9 Å². The molecule has 0 saturated carbocycles. The molecule has 1 N–H and O–H groups in total. The van der Waals surface area contributed by atoms with Crippen molar-refractivity contribution in [2.45, 2.75) is 19.1 Å². The van der Waals surface area contributed by atoms with E-state index in [0.717, 1.165) is 22.6 Å². The summed E-state index contributed by atoms with van der Waals surface area (Å²) in [4.78, 5) is 24.0. The number of carboxylic acid groups (broad SMARTS) is 1. The smallest absolute Gasteiger partial charge is 0.418 e.